The zero-order chi connectivity index (χ0) is 10.4. The van der Waals surface area contributed by atoms with Crippen LogP contribution in [-0.4, -0.2) is 11.1 Å². The smallest absolute Gasteiger partial charge is 0.0485 e. The third kappa shape index (κ3) is 1.21. The highest BCUT2D eigenvalue weighted by Crippen LogP contribution is 2.28. The summed E-state index contributed by atoms with van der Waals surface area (Å²) in [5.74, 6) is 0. The molecule has 15 heavy (non-hydrogen) atoms. The fraction of sp³-hybridized carbons (Fsp3) is 0.385. The van der Waals surface area contributed by atoms with Crippen LogP contribution >= 0.6 is 0 Å². The molecular formula is C13H16N2. The molecule has 1 N–H and O–H groups in total. The second kappa shape index (κ2) is 3.11. The topological polar surface area (TPSA) is 17.0 Å². The molecule has 78 valence electrons. The van der Waals surface area contributed by atoms with Crippen molar-refractivity contribution in [2.24, 2.45) is 7.05 Å². The lowest BCUT2D eigenvalue weighted by molar-refractivity contribution is 0.622. The quantitative estimate of drug-likeness (QED) is 0.689. The Morgan fingerprint density at radius 2 is 2.20 bits per heavy atom. The molecule has 2 aromatic rings. The van der Waals surface area contributed by atoms with Gasteiger partial charge in [-0.05, 0) is 24.1 Å². The molecule has 2 heterocycles. The number of hydrogen-bond donors (Lipinski definition) is 1. The molecule has 0 saturated heterocycles. The van der Waals surface area contributed by atoms with Gasteiger partial charge in [-0.1, -0.05) is 12.1 Å². The third-order valence-corrected chi connectivity index (χ3v) is 3.43. The largest absolute Gasteiger partial charge is 0.347 e. The first-order valence-corrected chi connectivity index (χ1v) is 5.55. The van der Waals surface area contributed by atoms with Crippen LogP contribution in [0.15, 0.2) is 18.2 Å². The van der Waals surface area contributed by atoms with Gasteiger partial charge in [-0.25, -0.2) is 0 Å². The molecule has 0 aliphatic carbocycles. The van der Waals surface area contributed by atoms with Gasteiger partial charge in [0.2, 0.25) is 0 Å². The molecule has 0 unspecified atom stereocenters. The van der Waals surface area contributed by atoms with E-state index < -0.39 is 0 Å². The van der Waals surface area contributed by atoms with E-state index in [0.29, 0.717) is 0 Å². The van der Waals surface area contributed by atoms with E-state index in [1.54, 1.807) is 0 Å². The van der Waals surface area contributed by atoms with Gasteiger partial charge >= 0.3 is 0 Å². The Bertz CT molecular complexity index is 523. The van der Waals surface area contributed by atoms with Crippen molar-refractivity contribution in [2.75, 3.05) is 6.54 Å². The molecule has 1 aliphatic heterocycles. The van der Waals surface area contributed by atoms with Crippen molar-refractivity contribution in [3.63, 3.8) is 0 Å². The van der Waals surface area contributed by atoms with Crippen LogP contribution in [0.25, 0.3) is 10.9 Å². The maximum absolute atomic E-state index is 3.45. The van der Waals surface area contributed by atoms with Crippen LogP contribution in [0, 0.1) is 6.92 Å². The number of aryl methyl sites for hydroxylation is 2. The summed E-state index contributed by atoms with van der Waals surface area (Å²) < 4.78 is 2.36. The molecule has 0 atom stereocenters. The fourth-order valence-corrected chi connectivity index (χ4v) is 2.61. The van der Waals surface area contributed by atoms with Crippen molar-refractivity contribution >= 4 is 10.9 Å². The number of aromatic nitrogens is 1. The minimum absolute atomic E-state index is 1.02. The average molecular weight is 200 g/mol. The lowest BCUT2D eigenvalue weighted by Gasteiger charge is -2.14. The molecule has 0 spiro atoms. The van der Waals surface area contributed by atoms with Crippen molar-refractivity contribution in [3.8, 4) is 0 Å². The maximum Gasteiger partial charge on any atom is 0.0485 e. The Balaban J connectivity index is 2.38. The Hall–Kier alpha value is -1.28. The summed E-state index contributed by atoms with van der Waals surface area (Å²) in [4.78, 5) is 0. The highest BCUT2D eigenvalue weighted by Gasteiger charge is 2.17. The Morgan fingerprint density at radius 3 is 3.07 bits per heavy atom. The van der Waals surface area contributed by atoms with Crippen molar-refractivity contribution in [2.45, 2.75) is 19.9 Å². The summed E-state index contributed by atoms with van der Waals surface area (Å²) in [5.41, 5.74) is 5.73. The molecule has 0 fully saturated rings. The SMILES string of the molecule is Cc1ccc2c3c(n(C)c2c1)CCNC3. The third-order valence-electron chi connectivity index (χ3n) is 3.43. The van der Waals surface area contributed by atoms with Gasteiger partial charge in [0.05, 0.1) is 0 Å². The minimum atomic E-state index is 1.02. The average Bonchev–Trinajstić information content (AvgIpc) is 2.54. The van der Waals surface area contributed by atoms with Gasteiger partial charge in [0.15, 0.2) is 0 Å². The second-order valence-corrected chi connectivity index (χ2v) is 4.43. The van der Waals surface area contributed by atoms with Crippen LogP contribution < -0.4 is 5.32 Å². The van der Waals surface area contributed by atoms with Crippen molar-refractivity contribution in [3.05, 3.63) is 35.0 Å². The lowest BCUT2D eigenvalue weighted by atomic mass is 10.1. The van der Waals surface area contributed by atoms with Crippen molar-refractivity contribution in [1.82, 2.24) is 9.88 Å². The normalized spacial score (nSPS) is 15.6. The Morgan fingerprint density at radius 1 is 1.33 bits per heavy atom. The van der Waals surface area contributed by atoms with Gasteiger partial charge < -0.3 is 9.88 Å². The molecule has 1 aromatic carbocycles. The molecule has 3 rings (SSSR count). The minimum Gasteiger partial charge on any atom is -0.347 e. The summed E-state index contributed by atoms with van der Waals surface area (Å²) in [6.45, 7) is 4.29. The van der Waals surface area contributed by atoms with E-state index in [4.69, 9.17) is 0 Å². The number of nitrogens with one attached hydrogen (secondary N) is 1. The summed E-state index contributed by atoms with van der Waals surface area (Å²) in [5, 5.41) is 4.87. The molecule has 0 amide bonds. The van der Waals surface area contributed by atoms with E-state index in [2.05, 4.69) is 42.1 Å². The summed E-state index contributed by atoms with van der Waals surface area (Å²) in [6.07, 6.45) is 1.15. The van der Waals surface area contributed by atoms with Gasteiger partial charge in [-0.15, -0.1) is 0 Å². The van der Waals surface area contributed by atoms with Gasteiger partial charge in [0, 0.05) is 43.2 Å². The number of hydrogen-bond acceptors (Lipinski definition) is 1. The first-order chi connectivity index (χ1) is 7.27. The van der Waals surface area contributed by atoms with E-state index in [1.807, 2.05) is 0 Å². The van der Waals surface area contributed by atoms with Gasteiger partial charge in [0.25, 0.3) is 0 Å². The standard InChI is InChI=1S/C13H16N2/c1-9-3-4-10-11-8-14-6-5-12(11)15(2)13(10)7-9/h3-4,7,14H,5-6,8H2,1-2H3. The maximum atomic E-state index is 3.45. The zero-order valence-corrected chi connectivity index (χ0v) is 9.30. The summed E-state index contributed by atoms with van der Waals surface area (Å²) >= 11 is 0. The zero-order valence-electron chi connectivity index (χ0n) is 9.30. The monoisotopic (exact) mass is 200 g/mol. The number of nitrogens with zero attached hydrogens (tertiary/aromatic N) is 1. The molecular weight excluding hydrogens is 184 g/mol. The second-order valence-electron chi connectivity index (χ2n) is 4.43. The first kappa shape index (κ1) is 8.98. The van der Waals surface area contributed by atoms with E-state index in [-0.39, 0.29) is 0 Å². The lowest BCUT2D eigenvalue weighted by Crippen LogP contribution is -2.24. The van der Waals surface area contributed by atoms with E-state index >= 15 is 0 Å². The first-order valence-electron chi connectivity index (χ1n) is 5.55. The van der Waals surface area contributed by atoms with Crippen molar-refractivity contribution in [1.29, 1.82) is 0 Å². The number of fused-ring (bicyclic) bond motifs is 3. The predicted octanol–water partition coefficient (Wildman–Crippen LogP) is 2.13. The van der Waals surface area contributed by atoms with Gasteiger partial charge in [-0.2, -0.15) is 0 Å². The molecule has 2 nitrogen and oxygen atoms in total. The van der Waals surface area contributed by atoms with Crippen LogP contribution in [0.4, 0.5) is 0 Å². The molecule has 0 radical (unpaired) electrons. The Kier molecular flexibility index (Phi) is 1.86. The van der Waals surface area contributed by atoms with Crippen LogP contribution in [0.1, 0.15) is 16.8 Å². The van der Waals surface area contributed by atoms with Crippen molar-refractivity contribution < 1.29 is 0 Å². The predicted molar refractivity (Wildman–Crippen MR) is 63.1 cm³/mol. The highest BCUT2D eigenvalue weighted by atomic mass is 15.0. The highest BCUT2D eigenvalue weighted by molar-refractivity contribution is 5.86. The molecule has 2 heteroatoms. The van der Waals surface area contributed by atoms with Crippen LogP contribution in [0.3, 0.4) is 0 Å². The molecule has 1 aromatic heterocycles. The fourth-order valence-electron chi connectivity index (χ4n) is 2.61. The summed E-state index contributed by atoms with van der Waals surface area (Å²) in [7, 11) is 2.19. The van der Waals surface area contributed by atoms with Gasteiger partial charge in [-0.3, -0.25) is 0 Å². The van der Waals surface area contributed by atoms with Crippen LogP contribution in [-0.2, 0) is 20.0 Å². The van der Waals surface area contributed by atoms with Crippen LogP contribution in [0.2, 0.25) is 0 Å². The molecule has 0 saturated carbocycles. The summed E-state index contributed by atoms with van der Waals surface area (Å²) in [6, 6.07) is 6.75. The number of benzene rings is 1. The Labute approximate surface area is 89.9 Å². The number of rotatable bonds is 0. The van der Waals surface area contributed by atoms with Gasteiger partial charge in [0.1, 0.15) is 0 Å². The van der Waals surface area contributed by atoms with Crippen LogP contribution in [0.5, 0.6) is 0 Å². The molecule has 1 aliphatic rings. The van der Waals surface area contributed by atoms with E-state index in [9.17, 15) is 0 Å². The molecule has 0 bridgehead atoms. The van der Waals surface area contributed by atoms with E-state index in [1.165, 1.54) is 27.7 Å². The van der Waals surface area contributed by atoms with E-state index in [0.717, 1.165) is 19.5 Å².